The largest absolute Gasteiger partial charge is 0.504 e. The Hall–Kier alpha value is -1.92. The molecule has 2 bridgehead atoms. The summed E-state index contributed by atoms with van der Waals surface area (Å²) < 4.78 is 5.84. The van der Waals surface area contributed by atoms with E-state index in [0.717, 1.165) is 0 Å². The maximum Gasteiger partial charge on any atom is 0.183 e. The van der Waals surface area contributed by atoms with Crippen LogP contribution in [0.1, 0.15) is 35.2 Å². The van der Waals surface area contributed by atoms with Crippen LogP contribution in [0, 0.1) is 0 Å². The molecule has 1 aromatic carbocycles. The van der Waals surface area contributed by atoms with Gasteiger partial charge in [-0.1, -0.05) is 0 Å². The van der Waals surface area contributed by atoms with Crippen LogP contribution in [0.2, 0.25) is 0 Å². The van der Waals surface area contributed by atoms with Gasteiger partial charge in [-0.3, -0.25) is 14.5 Å². The minimum absolute atomic E-state index is 0.0612. The molecule has 6 nitrogen and oxygen atoms in total. The van der Waals surface area contributed by atoms with Gasteiger partial charge in [0.05, 0.1) is 5.41 Å². The van der Waals surface area contributed by atoms with E-state index < -0.39 is 23.2 Å². The Bertz CT molecular complexity index is 789. The van der Waals surface area contributed by atoms with Gasteiger partial charge in [0.15, 0.2) is 29.2 Å². The van der Waals surface area contributed by atoms with Crippen molar-refractivity contribution in [3.05, 3.63) is 23.3 Å². The molecule has 2 aliphatic carbocycles. The first-order chi connectivity index (χ1) is 10.9. The van der Waals surface area contributed by atoms with Crippen molar-refractivity contribution in [2.45, 2.75) is 42.4 Å². The Kier molecular flexibility index (Phi) is 2.21. The number of ketones is 2. The summed E-state index contributed by atoms with van der Waals surface area (Å²) in [6.45, 7) is 0.598. The molecule has 0 aromatic heterocycles. The van der Waals surface area contributed by atoms with Gasteiger partial charge >= 0.3 is 0 Å². The number of carbonyl (C=O) groups excluding carboxylic acids is 2. The number of carbonyl (C=O) groups is 2. The van der Waals surface area contributed by atoms with Crippen LogP contribution in [0.3, 0.4) is 0 Å². The van der Waals surface area contributed by atoms with Crippen molar-refractivity contribution in [3.8, 4) is 11.5 Å². The van der Waals surface area contributed by atoms with E-state index in [4.69, 9.17) is 4.74 Å². The smallest absolute Gasteiger partial charge is 0.183 e. The number of nitrogens with zero attached hydrogens (tertiary/aromatic N) is 1. The van der Waals surface area contributed by atoms with Crippen molar-refractivity contribution < 1.29 is 24.5 Å². The second-order valence-electron chi connectivity index (χ2n) is 7.19. The summed E-state index contributed by atoms with van der Waals surface area (Å²) in [5.41, 5.74) is -1.23. The summed E-state index contributed by atoms with van der Waals surface area (Å²) in [6.07, 6.45) is 0.155. The van der Waals surface area contributed by atoms with Crippen LogP contribution < -0.4 is 4.74 Å². The first-order valence-electron chi connectivity index (χ1n) is 7.94. The molecule has 2 heterocycles. The first kappa shape index (κ1) is 13.5. The predicted molar refractivity (Wildman–Crippen MR) is 78.8 cm³/mol. The van der Waals surface area contributed by atoms with Crippen LogP contribution in [0.25, 0.3) is 0 Å². The minimum atomic E-state index is -1.33. The Balaban J connectivity index is 1.93. The quantitative estimate of drug-likeness (QED) is 0.720. The molecule has 1 saturated heterocycles. The van der Waals surface area contributed by atoms with Crippen molar-refractivity contribution in [1.82, 2.24) is 4.90 Å². The molecule has 5 rings (SSSR count). The fourth-order valence-corrected chi connectivity index (χ4v) is 5.40. The Morgan fingerprint density at radius 3 is 2.87 bits per heavy atom. The zero-order valence-electron chi connectivity index (χ0n) is 12.7. The van der Waals surface area contributed by atoms with Crippen LogP contribution in [0.15, 0.2) is 12.1 Å². The van der Waals surface area contributed by atoms with E-state index in [1.54, 1.807) is 6.07 Å². The minimum Gasteiger partial charge on any atom is -0.504 e. The number of piperidine rings is 1. The van der Waals surface area contributed by atoms with Crippen LogP contribution in [-0.2, 0) is 10.2 Å². The highest BCUT2D eigenvalue weighted by molar-refractivity contribution is 6.07. The number of likely N-dealkylation sites (tertiary alicyclic amines) is 1. The molecule has 1 aromatic rings. The van der Waals surface area contributed by atoms with Gasteiger partial charge in [-0.2, -0.15) is 0 Å². The third-order valence-electron chi connectivity index (χ3n) is 6.35. The summed E-state index contributed by atoms with van der Waals surface area (Å²) in [4.78, 5) is 27.4. The summed E-state index contributed by atoms with van der Waals surface area (Å²) in [6, 6.07) is 2.36. The SMILES string of the molecule is CN1CCC23c4c5ccc(O)c4O[C@H]2C(=O)CC[C@@]3(O)C1C5=O. The van der Waals surface area contributed by atoms with E-state index in [2.05, 4.69) is 0 Å². The number of benzene rings is 1. The van der Waals surface area contributed by atoms with Gasteiger partial charge in [0.2, 0.25) is 0 Å². The molecule has 4 atom stereocenters. The number of hydrogen-bond acceptors (Lipinski definition) is 6. The van der Waals surface area contributed by atoms with Crippen LogP contribution in [-0.4, -0.2) is 58.0 Å². The van der Waals surface area contributed by atoms with Crippen molar-refractivity contribution >= 4 is 11.6 Å². The van der Waals surface area contributed by atoms with Gasteiger partial charge in [-0.15, -0.1) is 0 Å². The number of hydrogen-bond donors (Lipinski definition) is 2. The molecule has 1 spiro atoms. The molecule has 23 heavy (non-hydrogen) atoms. The van der Waals surface area contributed by atoms with E-state index in [1.165, 1.54) is 6.07 Å². The predicted octanol–water partition coefficient (Wildman–Crippen LogP) is 0.385. The van der Waals surface area contributed by atoms with Gasteiger partial charge in [0.25, 0.3) is 0 Å². The molecule has 120 valence electrons. The average molecular weight is 315 g/mol. The fraction of sp³-hybridized carbons (Fsp3) is 0.529. The second-order valence-corrected chi connectivity index (χ2v) is 7.19. The standard InChI is InChI=1S/C17H17NO5/c1-18-7-6-16-11-8-2-3-9(19)13(11)23-15(16)10(20)4-5-17(16,22)14(18)12(8)21/h2-3,14-15,19,22H,4-7H2,1H3/t14?,15-,16?,17+/m0/s1. The maximum atomic E-state index is 13.0. The number of ether oxygens (including phenoxy) is 1. The van der Waals surface area contributed by atoms with E-state index in [-0.39, 0.29) is 35.9 Å². The number of aromatic hydroxyl groups is 1. The van der Waals surface area contributed by atoms with E-state index in [1.807, 2.05) is 11.9 Å². The highest BCUT2D eigenvalue weighted by Crippen LogP contribution is 2.64. The van der Waals surface area contributed by atoms with Crippen molar-refractivity contribution in [1.29, 1.82) is 0 Å². The van der Waals surface area contributed by atoms with Gasteiger partial charge in [0, 0.05) is 17.5 Å². The van der Waals surface area contributed by atoms with Gasteiger partial charge in [0.1, 0.15) is 11.6 Å². The highest BCUT2D eigenvalue weighted by Gasteiger charge is 2.74. The summed E-state index contributed by atoms with van der Waals surface area (Å²) >= 11 is 0. The number of phenols is 1. The number of phenolic OH excluding ortho intramolecular Hbond substituents is 1. The first-order valence-corrected chi connectivity index (χ1v) is 7.94. The molecule has 1 saturated carbocycles. The number of likely N-dealkylation sites (N-methyl/N-ethyl adjacent to an activating group) is 1. The van der Waals surface area contributed by atoms with Crippen molar-refractivity contribution in [2.75, 3.05) is 13.6 Å². The van der Waals surface area contributed by atoms with Crippen molar-refractivity contribution in [3.63, 3.8) is 0 Å². The molecular weight excluding hydrogens is 298 g/mol. The molecule has 2 aliphatic heterocycles. The Morgan fingerprint density at radius 2 is 2.09 bits per heavy atom. The molecule has 0 amide bonds. The third-order valence-corrected chi connectivity index (χ3v) is 6.35. The number of Topliss-reactive ketones (excluding diaryl/α,β-unsaturated/α-hetero) is 2. The maximum absolute atomic E-state index is 13.0. The molecule has 2 fully saturated rings. The van der Waals surface area contributed by atoms with Gasteiger partial charge in [-0.05, 0) is 38.6 Å². The van der Waals surface area contributed by atoms with Gasteiger partial charge in [-0.25, -0.2) is 0 Å². The van der Waals surface area contributed by atoms with E-state index >= 15 is 0 Å². The lowest BCUT2D eigenvalue weighted by Crippen LogP contribution is -2.77. The lowest BCUT2D eigenvalue weighted by Gasteiger charge is -2.60. The van der Waals surface area contributed by atoms with Crippen LogP contribution >= 0.6 is 0 Å². The normalized spacial score (nSPS) is 40.8. The fourth-order valence-electron chi connectivity index (χ4n) is 5.40. The molecular formula is C17H17NO5. The molecule has 4 aliphatic rings. The van der Waals surface area contributed by atoms with Crippen molar-refractivity contribution in [2.24, 2.45) is 0 Å². The number of rotatable bonds is 0. The molecule has 0 radical (unpaired) electrons. The lowest BCUT2D eigenvalue weighted by molar-refractivity contribution is -0.175. The third kappa shape index (κ3) is 1.20. The zero-order valence-corrected chi connectivity index (χ0v) is 12.7. The monoisotopic (exact) mass is 315 g/mol. The van der Waals surface area contributed by atoms with E-state index in [9.17, 15) is 19.8 Å². The second kappa shape index (κ2) is 3.76. The van der Waals surface area contributed by atoms with Crippen LogP contribution in [0.4, 0.5) is 0 Å². The zero-order chi connectivity index (χ0) is 16.1. The summed E-state index contributed by atoms with van der Waals surface area (Å²) in [7, 11) is 1.83. The average Bonchev–Trinajstić information content (AvgIpc) is 2.86. The molecule has 2 N–H and O–H groups in total. The lowest BCUT2D eigenvalue weighted by atomic mass is 9.49. The molecule has 6 heteroatoms. The Morgan fingerprint density at radius 1 is 1.30 bits per heavy atom. The Labute approximate surface area is 132 Å². The van der Waals surface area contributed by atoms with E-state index in [0.29, 0.717) is 24.1 Å². The van der Waals surface area contributed by atoms with Crippen LogP contribution in [0.5, 0.6) is 11.5 Å². The van der Waals surface area contributed by atoms with Gasteiger partial charge < -0.3 is 14.9 Å². The number of aliphatic hydroxyl groups is 1. The topological polar surface area (TPSA) is 87.1 Å². The highest BCUT2D eigenvalue weighted by atomic mass is 16.5. The summed E-state index contributed by atoms with van der Waals surface area (Å²) in [5, 5.41) is 21.8. The summed E-state index contributed by atoms with van der Waals surface area (Å²) in [5.74, 6) is -0.0839. The molecule has 2 unspecified atom stereocenters.